The van der Waals surface area contributed by atoms with Crippen molar-refractivity contribution in [3.8, 4) is 11.5 Å². The first kappa shape index (κ1) is 19.8. The Balaban J connectivity index is 1.87. The molecule has 2 aromatic rings. The molecule has 0 unspecified atom stereocenters. The van der Waals surface area contributed by atoms with Crippen LogP contribution in [0.4, 0.5) is 0 Å². The number of aromatic hydroxyl groups is 2. The molecular weight excluding hydrogens is 334 g/mol. The number of hydrogen-bond donors (Lipinski definition) is 2. The molecule has 1 saturated carbocycles. The van der Waals surface area contributed by atoms with Crippen LogP contribution in [0.15, 0.2) is 24.3 Å². The molecule has 0 radical (unpaired) electrons. The summed E-state index contributed by atoms with van der Waals surface area (Å²) in [4.78, 5) is 2.59. The summed E-state index contributed by atoms with van der Waals surface area (Å²) in [5.74, 6) is 0.820. The average molecular weight is 368 g/mol. The summed E-state index contributed by atoms with van der Waals surface area (Å²) < 4.78 is 0. The van der Waals surface area contributed by atoms with Crippen molar-refractivity contribution in [2.75, 3.05) is 0 Å². The van der Waals surface area contributed by atoms with E-state index in [0.29, 0.717) is 17.5 Å². The summed E-state index contributed by atoms with van der Waals surface area (Å²) in [7, 11) is 0. The Bertz CT molecular complexity index is 701. The van der Waals surface area contributed by atoms with Crippen molar-refractivity contribution in [2.45, 2.75) is 78.9 Å². The molecule has 0 heterocycles. The first-order chi connectivity index (χ1) is 12.8. The third kappa shape index (κ3) is 4.65. The van der Waals surface area contributed by atoms with Crippen molar-refractivity contribution in [2.24, 2.45) is 0 Å². The molecule has 27 heavy (non-hydrogen) atoms. The van der Waals surface area contributed by atoms with Gasteiger partial charge in [-0.3, -0.25) is 4.90 Å². The Hall–Kier alpha value is -2.00. The molecule has 1 fully saturated rings. The van der Waals surface area contributed by atoms with Crippen LogP contribution in [0, 0.1) is 27.7 Å². The van der Waals surface area contributed by atoms with E-state index in [0.717, 1.165) is 35.3 Å². The van der Waals surface area contributed by atoms with E-state index in [9.17, 15) is 10.2 Å². The van der Waals surface area contributed by atoms with Crippen LogP contribution < -0.4 is 0 Å². The molecule has 3 rings (SSSR count). The number of nitrogens with zero attached hydrogens (tertiary/aromatic N) is 1. The van der Waals surface area contributed by atoms with Crippen molar-refractivity contribution in [3.05, 3.63) is 57.6 Å². The van der Waals surface area contributed by atoms with Crippen LogP contribution in [0.5, 0.6) is 11.5 Å². The van der Waals surface area contributed by atoms with Crippen LogP contribution in [-0.2, 0) is 13.1 Å². The van der Waals surface area contributed by atoms with Gasteiger partial charge in [-0.15, -0.1) is 0 Å². The third-order valence-electron chi connectivity index (χ3n) is 5.96. The van der Waals surface area contributed by atoms with Gasteiger partial charge in [0.15, 0.2) is 0 Å². The highest BCUT2D eigenvalue weighted by molar-refractivity contribution is 5.43. The molecule has 2 aromatic carbocycles. The average Bonchev–Trinajstić information content (AvgIpc) is 2.64. The Morgan fingerprint density at radius 3 is 1.44 bits per heavy atom. The fourth-order valence-corrected chi connectivity index (χ4v) is 4.50. The first-order valence-electron chi connectivity index (χ1n) is 10.2. The van der Waals surface area contributed by atoms with Crippen molar-refractivity contribution < 1.29 is 10.2 Å². The molecular formula is C24H33NO2. The summed E-state index contributed by atoms with van der Waals surface area (Å²) in [6, 6.07) is 9.07. The van der Waals surface area contributed by atoms with Crippen LogP contribution in [-0.4, -0.2) is 21.2 Å². The highest BCUT2D eigenvalue weighted by Crippen LogP contribution is 2.30. The molecule has 0 amide bonds. The van der Waals surface area contributed by atoms with E-state index in [2.05, 4.69) is 29.2 Å². The van der Waals surface area contributed by atoms with E-state index in [4.69, 9.17) is 0 Å². The molecule has 0 atom stereocenters. The monoisotopic (exact) mass is 367 g/mol. The maximum atomic E-state index is 10.1. The Labute approximate surface area is 163 Å². The van der Waals surface area contributed by atoms with Gasteiger partial charge >= 0.3 is 0 Å². The molecule has 146 valence electrons. The van der Waals surface area contributed by atoms with Crippen molar-refractivity contribution >= 4 is 0 Å². The van der Waals surface area contributed by atoms with Gasteiger partial charge in [-0.05, 0) is 73.9 Å². The standard InChI is InChI=1S/C24H33NO2/c1-16-10-20(11-17(2)23(16)26)14-25(22-8-6-5-7-9-22)15-21-12-18(3)24(27)19(4)13-21/h10-13,22,26-27H,5-9,14-15H2,1-4H3. The Morgan fingerprint density at radius 1 is 0.704 bits per heavy atom. The maximum Gasteiger partial charge on any atom is 0.121 e. The lowest BCUT2D eigenvalue weighted by molar-refractivity contribution is 0.140. The lowest BCUT2D eigenvalue weighted by atomic mass is 9.93. The number of rotatable bonds is 5. The van der Waals surface area contributed by atoms with Crippen LogP contribution in [0.2, 0.25) is 0 Å². The first-order valence-corrected chi connectivity index (χ1v) is 10.2. The number of hydrogen-bond acceptors (Lipinski definition) is 3. The van der Waals surface area contributed by atoms with Crippen LogP contribution in [0.3, 0.4) is 0 Å². The van der Waals surface area contributed by atoms with E-state index in [1.807, 2.05) is 27.7 Å². The lowest BCUT2D eigenvalue weighted by Gasteiger charge is -2.35. The largest absolute Gasteiger partial charge is 0.507 e. The molecule has 0 saturated heterocycles. The van der Waals surface area contributed by atoms with Gasteiger partial charge < -0.3 is 10.2 Å². The second-order valence-electron chi connectivity index (χ2n) is 8.35. The number of phenolic OH excluding ortho intramolecular Hbond substituents is 2. The second kappa shape index (κ2) is 8.35. The minimum atomic E-state index is 0.410. The van der Waals surface area contributed by atoms with Gasteiger partial charge in [-0.2, -0.15) is 0 Å². The van der Waals surface area contributed by atoms with Crippen LogP contribution in [0.1, 0.15) is 65.5 Å². The molecule has 2 N–H and O–H groups in total. The molecule has 3 nitrogen and oxygen atoms in total. The maximum absolute atomic E-state index is 10.1. The minimum absolute atomic E-state index is 0.410. The van der Waals surface area contributed by atoms with Gasteiger partial charge in [0.1, 0.15) is 11.5 Å². The number of phenols is 2. The van der Waals surface area contributed by atoms with Gasteiger partial charge in [-0.1, -0.05) is 43.5 Å². The molecule has 0 aromatic heterocycles. The quantitative estimate of drug-likeness (QED) is 0.716. The molecule has 0 bridgehead atoms. The third-order valence-corrected chi connectivity index (χ3v) is 5.96. The van der Waals surface area contributed by atoms with Crippen LogP contribution >= 0.6 is 0 Å². The summed E-state index contributed by atoms with van der Waals surface area (Å²) in [6.45, 7) is 9.69. The smallest absolute Gasteiger partial charge is 0.121 e. The van der Waals surface area contributed by atoms with Gasteiger partial charge in [0.25, 0.3) is 0 Å². The zero-order chi connectivity index (χ0) is 19.6. The van der Waals surface area contributed by atoms with E-state index in [-0.39, 0.29) is 0 Å². The van der Waals surface area contributed by atoms with Gasteiger partial charge in [0.05, 0.1) is 0 Å². The predicted molar refractivity (Wildman–Crippen MR) is 111 cm³/mol. The van der Waals surface area contributed by atoms with E-state index in [1.165, 1.54) is 43.2 Å². The fraction of sp³-hybridized carbons (Fsp3) is 0.500. The van der Waals surface area contributed by atoms with Crippen molar-refractivity contribution in [1.29, 1.82) is 0 Å². The molecule has 0 spiro atoms. The number of aryl methyl sites for hydroxylation is 4. The molecule has 1 aliphatic carbocycles. The van der Waals surface area contributed by atoms with Gasteiger partial charge in [-0.25, -0.2) is 0 Å². The summed E-state index contributed by atoms with van der Waals surface area (Å²) in [5.41, 5.74) is 6.32. The molecule has 3 heteroatoms. The van der Waals surface area contributed by atoms with E-state index >= 15 is 0 Å². The van der Waals surface area contributed by atoms with Gasteiger partial charge in [0, 0.05) is 19.1 Å². The topological polar surface area (TPSA) is 43.7 Å². The van der Waals surface area contributed by atoms with E-state index < -0.39 is 0 Å². The second-order valence-corrected chi connectivity index (χ2v) is 8.35. The molecule has 1 aliphatic rings. The highest BCUT2D eigenvalue weighted by atomic mass is 16.3. The normalized spacial score (nSPS) is 15.4. The SMILES string of the molecule is Cc1cc(CN(Cc2cc(C)c(O)c(C)c2)C2CCCCC2)cc(C)c1O. The van der Waals surface area contributed by atoms with Crippen LogP contribution in [0.25, 0.3) is 0 Å². The summed E-state index contributed by atoms with van der Waals surface area (Å²) in [6.07, 6.45) is 6.47. The fourth-order valence-electron chi connectivity index (χ4n) is 4.50. The number of benzene rings is 2. The summed E-state index contributed by atoms with van der Waals surface area (Å²) >= 11 is 0. The highest BCUT2D eigenvalue weighted by Gasteiger charge is 2.22. The Morgan fingerprint density at radius 2 is 1.07 bits per heavy atom. The zero-order valence-electron chi connectivity index (χ0n) is 17.2. The zero-order valence-corrected chi connectivity index (χ0v) is 17.2. The minimum Gasteiger partial charge on any atom is -0.507 e. The van der Waals surface area contributed by atoms with E-state index in [1.54, 1.807) is 0 Å². The summed E-state index contributed by atoms with van der Waals surface area (Å²) in [5, 5.41) is 20.2. The molecule has 0 aliphatic heterocycles. The Kier molecular flexibility index (Phi) is 6.11. The van der Waals surface area contributed by atoms with Crippen molar-refractivity contribution in [3.63, 3.8) is 0 Å². The van der Waals surface area contributed by atoms with Gasteiger partial charge in [0.2, 0.25) is 0 Å². The predicted octanol–water partition coefficient (Wildman–Crippen LogP) is 5.67. The van der Waals surface area contributed by atoms with Crippen molar-refractivity contribution in [1.82, 2.24) is 4.90 Å². The lowest BCUT2D eigenvalue weighted by Crippen LogP contribution is -2.36.